The highest BCUT2D eigenvalue weighted by molar-refractivity contribution is 7.11. The van der Waals surface area contributed by atoms with Crippen LogP contribution in [0.2, 0.25) is 0 Å². The minimum atomic E-state index is -4.45. The van der Waals surface area contributed by atoms with Crippen molar-refractivity contribution < 1.29 is 18.3 Å². The van der Waals surface area contributed by atoms with Gasteiger partial charge in [-0.15, -0.1) is 10.2 Å². The maximum absolute atomic E-state index is 12.4. The number of hydrogen-bond donors (Lipinski definition) is 2. The molecule has 23 heavy (non-hydrogen) atoms. The van der Waals surface area contributed by atoms with E-state index in [1.807, 2.05) is 0 Å². The van der Waals surface area contributed by atoms with Crippen LogP contribution in [-0.4, -0.2) is 37.9 Å². The van der Waals surface area contributed by atoms with E-state index in [1.165, 1.54) is 6.33 Å². The molecule has 0 unspecified atom stereocenters. The smallest absolute Gasteiger partial charge is 0.393 e. The van der Waals surface area contributed by atoms with Crippen molar-refractivity contribution in [1.82, 2.24) is 20.2 Å². The van der Waals surface area contributed by atoms with E-state index in [-0.39, 0.29) is 12.0 Å². The Kier molecular flexibility index (Phi) is 4.44. The average molecular weight is 345 g/mol. The van der Waals surface area contributed by atoms with Gasteiger partial charge < -0.3 is 10.4 Å². The first-order chi connectivity index (χ1) is 10.9. The van der Waals surface area contributed by atoms with Crippen LogP contribution in [0.25, 0.3) is 0 Å². The number of nitrogens with one attached hydrogen (secondary N) is 1. The molecule has 2 aromatic rings. The Morgan fingerprint density at radius 1 is 1.26 bits per heavy atom. The van der Waals surface area contributed by atoms with E-state index in [1.54, 1.807) is 6.07 Å². The molecule has 0 radical (unpaired) electrons. The third-order valence-electron chi connectivity index (χ3n) is 3.57. The van der Waals surface area contributed by atoms with Gasteiger partial charge in [0, 0.05) is 30.6 Å². The van der Waals surface area contributed by atoms with Crippen LogP contribution >= 0.6 is 11.3 Å². The van der Waals surface area contributed by atoms with Crippen LogP contribution < -0.4 is 5.32 Å². The molecule has 6 nitrogen and oxygen atoms in total. The largest absolute Gasteiger partial charge is 0.445 e. The second-order valence-corrected chi connectivity index (χ2v) is 6.39. The first-order valence-electron chi connectivity index (χ1n) is 7.05. The van der Waals surface area contributed by atoms with Crippen LogP contribution in [-0.2, 0) is 12.6 Å². The highest BCUT2D eigenvalue weighted by atomic mass is 32.1. The summed E-state index contributed by atoms with van der Waals surface area (Å²) < 4.78 is 37.3. The predicted octanol–water partition coefficient (Wildman–Crippen LogP) is 2.24. The Bertz CT molecular complexity index is 672. The second kappa shape index (κ2) is 6.36. The van der Waals surface area contributed by atoms with Crippen LogP contribution in [0.15, 0.2) is 12.4 Å². The summed E-state index contributed by atoms with van der Waals surface area (Å²) >= 11 is 0.548. The topological polar surface area (TPSA) is 83.8 Å². The lowest BCUT2D eigenvalue weighted by Crippen LogP contribution is -2.27. The monoisotopic (exact) mass is 345 g/mol. The lowest BCUT2D eigenvalue weighted by molar-refractivity contribution is -0.138. The molecule has 0 saturated heterocycles. The third-order valence-corrected chi connectivity index (χ3v) is 4.60. The van der Waals surface area contributed by atoms with Gasteiger partial charge in [-0.2, -0.15) is 13.2 Å². The number of anilines is 1. The summed E-state index contributed by atoms with van der Waals surface area (Å²) in [7, 11) is 0. The Hall–Kier alpha value is -1.81. The fourth-order valence-corrected chi connectivity index (χ4v) is 2.99. The van der Waals surface area contributed by atoms with Gasteiger partial charge in [0.1, 0.15) is 17.2 Å². The fourth-order valence-electron chi connectivity index (χ4n) is 2.29. The fraction of sp³-hybridized carbons (Fsp3) is 0.538. The second-order valence-electron chi connectivity index (χ2n) is 5.33. The Balaban J connectivity index is 1.52. The van der Waals surface area contributed by atoms with E-state index in [2.05, 4.69) is 25.5 Å². The Labute approximate surface area is 133 Å². The molecular weight excluding hydrogens is 331 g/mol. The summed E-state index contributed by atoms with van der Waals surface area (Å²) in [6.45, 7) is 0.399. The molecule has 0 atom stereocenters. The van der Waals surface area contributed by atoms with Crippen molar-refractivity contribution >= 4 is 17.2 Å². The van der Waals surface area contributed by atoms with Crippen molar-refractivity contribution in [3.05, 3.63) is 28.1 Å². The zero-order chi connectivity index (χ0) is 16.4. The number of nitrogens with zero attached hydrogens (tertiary/aromatic N) is 4. The maximum atomic E-state index is 12.4. The first-order valence-corrected chi connectivity index (χ1v) is 7.87. The number of aliphatic hydroxyl groups excluding tert-OH is 1. The van der Waals surface area contributed by atoms with Crippen molar-refractivity contribution in [3.8, 4) is 0 Å². The summed E-state index contributed by atoms with van der Waals surface area (Å²) in [5.74, 6) is 0.850. The van der Waals surface area contributed by atoms with Gasteiger partial charge in [0.05, 0.1) is 6.10 Å². The number of alkyl halides is 3. The molecule has 2 heterocycles. The molecule has 0 spiro atoms. The van der Waals surface area contributed by atoms with E-state index in [9.17, 15) is 18.3 Å². The number of aliphatic hydroxyl groups is 1. The molecule has 1 saturated carbocycles. The lowest BCUT2D eigenvalue weighted by atomic mass is 9.80. The highest BCUT2D eigenvalue weighted by Gasteiger charge is 2.35. The first kappa shape index (κ1) is 16.1. The quantitative estimate of drug-likeness (QED) is 0.865. The molecule has 3 rings (SSSR count). The van der Waals surface area contributed by atoms with E-state index in [0.29, 0.717) is 48.0 Å². The van der Waals surface area contributed by atoms with E-state index >= 15 is 0 Å². The van der Waals surface area contributed by atoms with Gasteiger partial charge in [-0.05, 0) is 12.8 Å². The average Bonchev–Trinajstić information content (AvgIpc) is 2.93. The molecule has 0 aliphatic heterocycles. The van der Waals surface area contributed by atoms with Gasteiger partial charge in [-0.1, -0.05) is 11.3 Å². The normalized spacial score (nSPS) is 21.0. The Morgan fingerprint density at radius 3 is 2.70 bits per heavy atom. The predicted molar refractivity (Wildman–Crippen MR) is 77.1 cm³/mol. The highest BCUT2D eigenvalue weighted by Crippen LogP contribution is 2.36. The van der Waals surface area contributed by atoms with Crippen molar-refractivity contribution in [2.45, 2.75) is 37.5 Å². The van der Waals surface area contributed by atoms with Crippen molar-refractivity contribution in [3.63, 3.8) is 0 Å². The molecule has 2 N–H and O–H groups in total. The molecule has 0 amide bonds. The molecule has 0 bridgehead atoms. The minimum Gasteiger partial charge on any atom is -0.393 e. The zero-order valence-electron chi connectivity index (χ0n) is 11.9. The maximum Gasteiger partial charge on any atom is 0.445 e. The molecular formula is C13H14F3N5OS. The standard InChI is InChI=1S/C13H14F3N5OS/c14-13(15,16)12-21-20-11(23-12)1-2-17-10-5-9(18-6-19-10)7-3-8(22)4-7/h5-8,22H,1-4H2,(H,17,18,19). The van der Waals surface area contributed by atoms with Crippen LogP contribution in [0.3, 0.4) is 0 Å². The third kappa shape index (κ3) is 3.94. The minimum absolute atomic E-state index is 0.242. The zero-order valence-corrected chi connectivity index (χ0v) is 12.7. The van der Waals surface area contributed by atoms with Gasteiger partial charge >= 0.3 is 6.18 Å². The summed E-state index contributed by atoms with van der Waals surface area (Å²) in [5, 5.41) is 18.4. The Morgan fingerprint density at radius 2 is 2.04 bits per heavy atom. The van der Waals surface area contributed by atoms with Crippen molar-refractivity contribution in [2.75, 3.05) is 11.9 Å². The molecule has 10 heteroatoms. The van der Waals surface area contributed by atoms with Crippen molar-refractivity contribution in [2.24, 2.45) is 0 Å². The van der Waals surface area contributed by atoms with Gasteiger partial charge in [-0.3, -0.25) is 0 Å². The van der Waals surface area contributed by atoms with Crippen LogP contribution in [0.4, 0.5) is 19.0 Å². The van der Waals surface area contributed by atoms with Gasteiger partial charge in [0.2, 0.25) is 5.01 Å². The molecule has 1 aliphatic carbocycles. The molecule has 0 aromatic carbocycles. The van der Waals surface area contributed by atoms with Crippen LogP contribution in [0, 0.1) is 0 Å². The van der Waals surface area contributed by atoms with E-state index in [4.69, 9.17) is 0 Å². The van der Waals surface area contributed by atoms with Crippen LogP contribution in [0.1, 0.15) is 34.5 Å². The van der Waals surface area contributed by atoms with Crippen molar-refractivity contribution in [1.29, 1.82) is 0 Å². The van der Waals surface area contributed by atoms with Gasteiger partial charge in [-0.25, -0.2) is 9.97 Å². The SMILES string of the molecule is OC1CC(c2cc(NCCc3nnc(C(F)(F)F)s3)ncn2)C1. The summed E-state index contributed by atoms with van der Waals surface area (Å²) in [6.07, 6.45) is -1.54. The number of halogens is 3. The van der Waals surface area contributed by atoms with Gasteiger partial charge in [0.15, 0.2) is 0 Å². The lowest BCUT2D eigenvalue weighted by Gasteiger charge is -2.30. The van der Waals surface area contributed by atoms with Gasteiger partial charge in [0.25, 0.3) is 0 Å². The number of aromatic nitrogens is 4. The molecule has 1 aliphatic rings. The molecule has 124 valence electrons. The molecule has 2 aromatic heterocycles. The summed E-state index contributed by atoms with van der Waals surface area (Å²) in [4.78, 5) is 8.26. The summed E-state index contributed by atoms with van der Waals surface area (Å²) in [5.41, 5.74) is 0.864. The number of hydrogen-bond acceptors (Lipinski definition) is 7. The van der Waals surface area contributed by atoms with E-state index < -0.39 is 11.2 Å². The number of rotatable bonds is 5. The summed E-state index contributed by atoms with van der Waals surface area (Å²) in [6, 6.07) is 1.80. The van der Waals surface area contributed by atoms with E-state index in [0.717, 1.165) is 5.69 Å². The van der Waals surface area contributed by atoms with Crippen LogP contribution in [0.5, 0.6) is 0 Å². The molecule has 1 fully saturated rings.